The van der Waals surface area contributed by atoms with Crippen LogP contribution in [0.2, 0.25) is 0 Å². The van der Waals surface area contributed by atoms with Crippen LogP contribution in [0.15, 0.2) is 12.3 Å². The maximum Gasteiger partial charge on any atom is 0.0915 e. The van der Waals surface area contributed by atoms with Crippen molar-refractivity contribution >= 4 is 0 Å². The molecule has 4 rings (SSSR count). The van der Waals surface area contributed by atoms with Gasteiger partial charge in [0.1, 0.15) is 0 Å². The fourth-order valence-corrected chi connectivity index (χ4v) is 4.31. The van der Waals surface area contributed by atoms with E-state index in [1.165, 1.54) is 25.7 Å². The highest BCUT2D eigenvalue weighted by Gasteiger charge is 2.53. The van der Waals surface area contributed by atoms with E-state index in [2.05, 4.69) is 23.0 Å². The number of rotatable bonds is 3. The van der Waals surface area contributed by atoms with Gasteiger partial charge in [0.15, 0.2) is 0 Å². The van der Waals surface area contributed by atoms with Crippen LogP contribution >= 0.6 is 0 Å². The Labute approximate surface area is 119 Å². The molecule has 0 aromatic carbocycles. The highest BCUT2D eigenvalue weighted by Crippen LogP contribution is 2.49. The minimum absolute atomic E-state index is 0.133. The second-order valence-corrected chi connectivity index (χ2v) is 6.70. The Morgan fingerprint density at radius 2 is 2.20 bits per heavy atom. The van der Waals surface area contributed by atoms with E-state index >= 15 is 0 Å². The van der Waals surface area contributed by atoms with E-state index < -0.39 is 0 Å². The Morgan fingerprint density at radius 1 is 1.35 bits per heavy atom. The van der Waals surface area contributed by atoms with Crippen molar-refractivity contribution in [1.29, 1.82) is 5.26 Å². The van der Waals surface area contributed by atoms with Crippen molar-refractivity contribution < 1.29 is 4.74 Å². The van der Waals surface area contributed by atoms with Crippen LogP contribution in [0.5, 0.6) is 0 Å². The second kappa shape index (κ2) is 4.60. The molecular weight excluding hydrogens is 250 g/mol. The van der Waals surface area contributed by atoms with Crippen molar-refractivity contribution in [3.8, 4) is 6.07 Å². The lowest BCUT2D eigenvalue weighted by Crippen LogP contribution is -2.33. The van der Waals surface area contributed by atoms with Crippen molar-refractivity contribution in [2.75, 3.05) is 0 Å². The minimum atomic E-state index is -0.322. The van der Waals surface area contributed by atoms with Gasteiger partial charge in [-0.05, 0) is 38.2 Å². The largest absolute Gasteiger partial charge is 0.373 e. The second-order valence-electron chi connectivity index (χ2n) is 6.70. The molecule has 1 aliphatic carbocycles. The number of nitriles is 1. The summed E-state index contributed by atoms with van der Waals surface area (Å²) in [4.78, 5) is 0. The van der Waals surface area contributed by atoms with Crippen molar-refractivity contribution in [1.82, 2.24) is 9.78 Å². The zero-order chi connectivity index (χ0) is 13.6. The molecule has 3 aliphatic rings. The van der Waals surface area contributed by atoms with E-state index in [0.717, 1.165) is 31.4 Å². The number of hydrogen-bond donors (Lipinski definition) is 0. The van der Waals surface area contributed by atoms with E-state index in [-0.39, 0.29) is 11.5 Å². The molecule has 1 aromatic heterocycles. The fourth-order valence-electron chi connectivity index (χ4n) is 4.31. The molecule has 3 atom stereocenters. The van der Waals surface area contributed by atoms with E-state index in [9.17, 15) is 5.26 Å². The van der Waals surface area contributed by atoms with Gasteiger partial charge in [0.25, 0.3) is 0 Å². The number of ether oxygens (including phenoxy) is 1. The predicted octanol–water partition coefficient (Wildman–Crippen LogP) is 3.00. The molecule has 3 fully saturated rings. The van der Waals surface area contributed by atoms with E-state index in [0.29, 0.717) is 12.1 Å². The standard InChI is InChI=1S/C16H21N3O/c17-11-16(10-14-5-6-15(16)20-14)9-12-7-8-19(18-12)13-3-1-2-4-13/h7-8,13-15H,1-6,9-10H2. The van der Waals surface area contributed by atoms with Gasteiger partial charge < -0.3 is 4.74 Å². The van der Waals surface area contributed by atoms with Crippen LogP contribution in [0.4, 0.5) is 0 Å². The molecule has 2 aliphatic heterocycles. The minimum Gasteiger partial charge on any atom is -0.373 e. The lowest BCUT2D eigenvalue weighted by Gasteiger charge is -2.27. The molecule has 4 nitrogen and oxygen atoms in total. The lowest BCUT2D eigenvalue weighted by molar-refractivity contribution is 0.0784. The first-order valence-corrected chi connectivity index (χ1v) is 7.90. The Hall–Kier alpha value is -1.34. The zero-order valence-corrected chi connectivity index (χ0v) is 11.8. The third-order valence-electron chi connectivity index (χ3n) is 5.40. The Kier molecular flexibility index (Phi) is 2.85. The number of fused-ring (bicyclic) bond motifs is 2. The molecule has 3 heterocycles. The van der Waals surface area contributed by atoms with Gasteiger partial charge in [-0.1, -0.05) is 12.8 Å². The van der Waals surface area contributed by atoms with Crippen LogP contribution in [0, 0.1) is 16.7 Å². The number of aromatic nitrogens is 2. The van der Waals surface area contributed by atoms with Crippen molar-refractivity contribution in [2.24, 2.45) is 5.41 Å². The van der Waals surface area contributed by atoms with E-state index in [4.69, 9.17) is 9.84 Å². The maximum absolute atomic E-state index is 9.65. The van der Waals surface area contributed by atoms with Crippen LogP contribution in [0.1, 0.15) is 56.7 Å². The first-order chi connectivity index (χ1) is 9.79. The van der Waals surface area contributed by atoms with Crippen LogP contribution in [-0.4, -0.2) is 22.0 Å². The average Bonchev–Trinajstić information content (AvgIpc) is 3.22. The summed E-state index contributed by atoms with van der Waals surface area (Å²) in [5.41, 5.74) is 0.743. The molecule has 4 heteroatoms. The zero-order valence-electron chi connectivity index (χ0n) is 11.8. The molecule has 0 amide bonds. The first-order valence-electron chi connectivity index (χ1n) is 7.90. The van der Waals surface area contributed by atoms with Crippen LogP contribution in [0.25, 0.3) is 0 Å². The molecule has 3 unspecified atom stereocenters. The molecule has 2 bridgehead atoms. The fraction of sp³-hybridized carbons (Fsp3) is 0.750. The molecule has 2 saturated heterocycles. The molecule has 1 saturated carbocycles. The van der Waals surface area contributed by atoms with Crippen LogP contribution < -0.4 is 0 Å². The summed E-state index contributed by atoms with van der Waals surface area (Å²) in [5.74, 6) is 0. The Bertz CT molecular complexity index is 540. The van der Waals surface area contributed by atoms with Gasteiger partial charge in [-0.15, -0.1) is 0 Å². The molecular formula is C16H21N3O. The van der Waals surface area contributed by atoms with Gasteiger partial charge in [0.05, 0.1) is 35.4 Å². The first kappa shape index (κ1) is 12.4. The smallest absolute Gasteiger partial charge is 0.0915 e. The quantitative estimate of drug-likeness (QED) is 0.849. The predicted molar refractivity (Wildman–Crippen MR) is 74.0 cm³/mol. The normalized spacial score (nSPS) is 36.5. The summed E-state index contributed by atoms with van der Waals surface area (Å²) in [5, 5.41) is 14.4. The average molecular weight is 271 g/mol. The van der Waals surface area contributed by atoms with Gasteiger partial charge in [0.2, 0.25) is 0 Å². The van der Waals surface area contributed by atoms with Gasteiger partial charge in [0, 0.05) is 12.6 Å². The monoisotopic (exact) mass is 271 g/mol. The number of hydrogen-bond acceptors (Lipinski definition) is 3. The van der Waals surface area contributed by atoms with E-state index in [1.807, 2.05) is 0 Å². The highest BCUT2D eigenvalue weighted by molar-refractivity contribution is 5.18. The Balaban J connectivity index is 1.52. The highest BCUT2D eigenvalue weighted by atomic mass is 16.5. The van der Waals surface area contributed by atoms with Crippen LogP contribution in [0.3, 0.4) is 0 Å². The third kappa shape index (κ3) is 1.88. The molecule has 0 spiro atoms. The molecule has 0 radical (unpaired) electrons. The van der Waals surface area contributed by atoms with Crippen molar-refractivity contribution in [3.05, 3.63) is 18.0 Å². The van der Waals surface area contributed by atoms with Gasteiger partial charge in [-0.25, -0.2) is 0 Å². The van der Waals surface area contributed by atoms with Gasteiger partial charge >= 0.3 is 0 Å². The maximum atomic E-state index is 9.65. The summed E-state index contributed by atoms with van der Waals surface area (Å²) in [6.45, 7) is 0. The summed E-state index contributed by atoms with van der Waals surface area (Å²) in [6, 6.07) is 5.24. The van der Waals surface area contributed by atoms with E-state index in [1.54, 1.807) is 0 Å². The summed E-state index contributed by atoms with van der Waals surface area (Å²) in [7, 11) is 0. The van der Waals surface area contributed by atoms with Crippen LogP contribution in [-0.2, 0) is 11.2 Å². The van der Waals surface area contributed by atoms with Gasteiger partial charge in [-0.3, -0.25) is 4.68 Å². The molecule has 106 valence electrons. The molecule has 1 aromatic rings. The summed E-state index contributed by atoms with van der Waals surface area (Å²) in [6.07, 6.45) is 11.5. The SMILES string of the molecule is N#CC1(Cc2ccn(C3CCCC3)n2)CC2CCC1O2. The molecule has 20 heavy (non-hydrogen) atoms. The van der Waals surface area contributed by atoms with Crippen molar-refractivity contribution in [3.63, 3.8) is 0 Å². The third-order valence-corrected chi connectivity index (χ3v) is 5.40. The molecule has 0 N–H and O–H groups in total. The summed E-state index contributed by atoms with van der Waals surface area (Å²) < 4.78 is 8.03. The summed E-state index contributed by atoms with van der Waals surface area (Å²) >= 11 is 0. The Morgan fingerprint density at radius 3 is 2.85 bits per heavy atom. The lowest BCUT2D eigenvalue weighted by atomic mass is 9.72. The number of nitrogens with zero attached hydrogens (tertiary/aromatic N) is 3. The van der Waals surface area contributed by atoms with Gasteiger partial charge in [-0.2, -0.15) is 10.4 Å². The van der Waals surface area contributed by atoms with Crippen molar-refractivity contribution in [2.45, 2.75) is 69.6 Å². The topological polar surface area (TPSA) is 50.8 Å².